The van der Waals surface area contributed by atoms with E-state index in [1.54, 1.807) is 11.9 Å². The first-order valence-corrected chi connectivity index (χ1v) is 8.88. The lowest BCUT2D eigenvalue weighted by Gasteiger charge is -2.21. The molecule has 4 rings (SSSR count). The van der Waals surface area contributed by atoms with Crippen LogP contribution in [0.3, 0.4) is 0 Å². The molecule has 2 atom stereocenters. The number of nitrogens with zero attached hydrogens (tertiary/aromatic N) is 2. The summed E-state index contributed by atoms with van der Waals surface area (Å²) >= 11 is 0. The van der Waals surface area contributed by atoms with Gasteiger partial charge in [-0.25, -0.2) is 4.79 Å². The quantitative estimate of drug-likeness (QED) is 0.785. The highest BCUT2D eigenvalue weighted by Crippen LogP contribution is 2.45. The summed E-state index contributed by atoms with van der Waals surface area (Å²) in [5, 5.41) is 9.89. The zero-order valence-electron chi connectivity index (χ0n) is 15.1. The van der Waals surface area contributed by atoms with Crippen molar-refractivity contribution in [1.82, 2.24) is 14.9 Å². The summed E-state index contributed by atoms with van der Waals surface area (Å²) in [7, 11) is 1.79. The fourth-order valence-electron chi connectivity index (χ4n) is 4.20. The van der Waals surface area contributed by atoms with Gasteiger partial charge in [-0.1, -0.05) is 32.0 Å². The summed E-state index contributed by atoms with van der Waals surface area (Å²) < 4.78 is 0. The van der Waals surface area contributed by atoms with Crippen molar-refractivity contribution in [1.29, 1.82) is 0 Å². The number of amidine groups is 1. The molecule has 0 saturated heterocycles. The molecule has 1 amide bonds. The number of benzene rings is 1. The molecule has 1 aliphatic carbocycles. The predicted molar refractivity (Wildman–Crippen MR) is 97.5 cm³/mol. The van der Waals surface area contributed by atoms with E-state index < -0.39 is 11.2 Å². The van der Waals surface area contributed by atoms with Crippen LogP contribution in [0.2, 0.25) is 0 Å². The van der Waals surface area contributed by atoms with E-state index in [-0.39, 0.29) is 17.7 Å². The number of imidazole rings is 1. The molecular weight excluding hydrogens is 332 g/mol. The molecule has 26 heavy (non-hydrogen) atoms. The highest BCUT2D eigenvalue weighted by molar-refractivity contribution is 6.08. The molecule has 2 aromatic rings. The molecule has 7 heteroatoms. The molecule has 2 aliphatic rings. The summed E-state index contributed by atoms with van der Waals surface area (Å²) in [5.41, 5.74) is 2.32. The van der Waals surface area contributed by atoms with E-state index in [9.17, 15) is 14.7 Å². The highest BCUT2D eigenvalue weighted by Gasteiger charge is 2.51. The summed E-state index contributed by atoms with van der Waals surface area (Å²) in [5.74, 6) is 0.563. The third-order valence-electron chi connectivity index (χ3n) is 5.68. The Morgan fingerprint density at radius 3 is 2.73 bits per heavy atom. The third kappa shape index (κ3) is 2.16. The van der Waals surface area contributed by atoms with Crippen LogP contribution < -0.4 is 5.69 Å². The van der Waals surface area contributed by atoms with Crippen LogP contribution in [-0.4, -0.2) is 38.8 Å². The molecule has 1 aromatic heterocycles. The second-order valence-electron chi connectivity index (χ2n) is 7.09. The summed E-state index contributed by atoms with van der Waals surface area (Å²) in [6, 6.07) is 5.99. The van der Waals surface area contributed by atoms with Crippen molar-refractivity contribution >= 4 is 11.7 Å². The average molecular weight is 354 g/mol. The number of carbonyl (C=O) groups is 1. The number of aliphatic imine (C=N–C) groups is 1. The maximum atomic E-state index is 12.9. The monoisotopic (exact) mass is 354 g/mol. The molecule has 2 heterocycles. The number of hydrogen-bond donors (Lipinski definition) is 3. The first-order chi connectivity index (χ1) is 12.4. The molecule has 0 saturated carbocycles. The van der Waals surface area contributed by atoms with Crippen LogP contribution in [0, 0.1) is 0 Å². The van der Waals surface area contributed by atoms with Gasteiger partial charge >= 0.3 is 5.69 Å². The van der Waals surface area contributed by atoms with E-state index >= 15 is 0 Å². The Morgan fingerprint density at radius 1 is 1.35 bits per heavy atom. The van der Waals surface area contributed by atoms with Crippen LogP contribution in [0.25, 0.3) is 0 Å². The number of hydrogen-bond acceptors (Lipinski definition) is 4. The van der Waals surface area contributed by atoms with Crippen LogP contribution >= 0.6 is 0 Å². The largest absolute Gasteiger partial charge is 0.493 e. The Kier molecular flexibility index (Phi) is 3.57. The van der Waals surface area contributed by atoms with Crippen molar-refractivity contribution in [3.63, 3.8) is 0 Å². The minimum Gasteiger partial charge on any atom is -0.493 e. The van der Waals surface area contributed by atoms with E-state index in [1.807, 2.05) is 26.0 Å². The maximum Gasteiger partial charge on any atom is 0.325 e. The SMILES string of the molecule is CCC1=NC2(CCc3cc(C(C)c4[nH]c(=O)[nH]c4O)ccc32)C(=O)N1C. The Balaban J connectivity index is 1.74. The highest BCUT2D eigenvalue weighted by atomic mass is 16.3. The van der Waals surface area contributed by atoms with E-state index in [2.05, 4.69) is 16.0 Å². The summed E-state index contributed by atoms with van der Waals surface area (Å²) in [6.07, 6.45) is 2.19. The second-order valence-corrected chi connectivity index (χ2v) is 7.09. The van der Waals surface area contributed by atoms with Gasteiger partial charge in [0.25, 0.3) is 5.91 Å². The predicted octanol–water partition coefficient (Wildman–Crippen LogP) is 1.98. The van der Waals surface area contributed by atoms with Gasteiger partial charge in [0.05, 0.1) is 5.69 Å². The Labute approximate surface area is 150 Å². The number of aromatic amines is 2. The number of fused-ring (bicyclic) bond motifs is 2. The molecule has 1 aromatic carbocycles. The Hall–Kier alpha value is -2.83. The number of rotatable bonds is 3. The molecule has 7 nitrogen and oxygen atoms in total. The van der Waals surface area contributed by atoms with Gasteiger partial charge in [0.1, 0.15) is 5.84 Å². The van der Waals surface area contributed by atoms with Crippen LogP contribution in [-0.2, 0) is 16.8 Å². The van der Waals surface area contributed by atoms with Crippen molar-refractivity contribution in [3.05, 3.63) is 51.1 Å². The Morgan fingerprint density at radius 2 is 2.12 bits per heavy atom. The lowest BCUT2D eigenvalue weighted by atomic mass is 9.89. The standard InChI is InChI=1S/C19H22N4O3/c1-4-14-22-19(17(25)23(14)3)8-7-12-9-11(5-6-13(12)19)10(2)15-16(24)21-18(26)20-15/h5-6,9-10,24H,4,7-8H2,1-3H3,(H2,20,21,26). The number of amides is 1. The molecule has 1 aliphatic heterocycles. The fraction of sp³-hybridized carbons (Fsp3) is 0.421. The zero-order chi connectivity index (χ0) is 18.6. The smallest absolute Gasteiger partial charge is 0.325 e. The summed E-state index contributed by atoms with van der Waals surface area (Å²) in [6.45, 7) is 3.93. The van der Waals surface area contributed by atoms with Gasteiger partial charge < -0.3 is 15.0 Å². The topological polar surface area (TPSA) is 102 Å². The van der Waals surface area contributed by atoms with Crippen molar-refractivity contribution < 1.29 is 9.90 Å². The van der Waals surface area contributed by atoms with Gasteiger partial charge in [-0.15, -0.1) is 0 Å². The number of H-pyrrole nitrogens is 2. The summed E-state index contributed by atoms with van der Waals surface area (Å²) in [4.78, 5) is 35.7. The molecule has 3 N–H and O–H groups in total. The number of nitrogens with one attached hydrogen (secondary N) is 2. The van der Waals surface area contributed by atoms with Gasteiger partial charge in [0.2, 0.25) is 5.88 Å². The first-order valence-electron chi connectivity index (χ1n) is 8.88. The van der Waals surface area contributed by atoms with Crippen molar-refractivity contribution in [3.8, 4) is 5.88 Å². The molecule has 2 unspecified atom stereocenters. The van der Waals surface area contributed by atoms with Crippen molar-refractivity contribution in [2.24, 2.45) is 4.99 Å². The molecule has 1 spiro atoms. The molecule has 0 radical (unpaired) electrons. The van der Waals surface area contributed by atoms with Crippen molar-refractivity contribution in [2.75, 3.05) is 7.05 Å². The molecule has 0 fully saturated rings. The van der Waals surface area contributed by atoms with Gasteiger partial charge in [0.15, 0.2) is 5.54 Å². The van der Waals surface area contributed by atoms with Gasteiger partial charge in [-0.3, -0.25) is 14.8 Å². The lowest BCUT2D eigenvalue weighted by Crippen LogP contribution is -2.37. The van der Waals surface area contributed by atoms with Crippen LogP contribution in [0.1, 0.15) is 55.0 Å². The van der Waals surface area contributed by atoms with E-state index in [0.29, 0.717) is 12.1 Å². The minimum atomic E-state index is -0.776. The fourth-order valence-corrected chi connectivity index (χ4v) is 4.20. The number of likely N-dealkylation sites (N-methyl/N-ethyl adjacent to an activating group) is 1. The lowest BCUT2D eigenvalue weighted by molar-refractivity contribution is -0.130. The molecule has 0 bridgehead atoms. The number of aromatic nitrogens is 2. The number of aromatic hydroxyl groups is 1. The second kappa shape index (κ2) is 5.59. The molecular formula is C19H22N4O3. The van der Waals surface area contributed by atoms with Crippen molar-refractivity contribution in [2.45, 2.75) is 44.6 Å². The van der Waals surface area contributed by atoms with Gasteiger partial charge in [-0.05, 0) is 29.5 Å². The molecule has 136 valence electrons. The normalized spacial score (nSPS) is 22.8. The third-order valence-corrected chi connectivity index (χ3v) is 5.68. The van der Waals surface area contributed by atoms with Crippen LogP contribution in [0.15, 0.2) is 28.0 Å². The number of aryl methyl sites for hydroxylation is 1. The average Bonchev–Trinajstić information content (AvgIpc) is 3.24. The first kappa shape index (κ1) is 16.6. The maximum absolute atomic E-state index is 12.9. The van der Waals surface area contributed by atoms with Gasteiger partial charge in [0, 0.05) is 19.4 Å². The van der Waals surface area contributed by atoms with Crippen LogP contribution in [0.5, 0.6) is 5.88 Å². The zero-order valence-corrected chi connectivity index (χ0v) is 15.1. The number of carbonyl (C=O) groups excluding carboxylic acids is 1. The Bertz CT molecular complexity index is 987. The minimum absolute atomic E-state index is 0.0431. The van der Waals surface area contributed by atoms with Gasteiger partial charge in [-0.2, -0.15) is 0 Å². The van der Waals surface area contributed by atoms with E-state index in [1.165, 1.54) is 0 Å². The van der Waals surface area contributed by atoms with E-state index in [0.717, 1.165) is 35.4 Å². The van der Waals surface area contributed by atoms with E-state index in [4.69, 9.17) is 4.99 Å². The van der Waals surface area contributed by atoms with Crippen LogP contribution in [0.4, 0.5) is 0 Å².